The molecule has 3 N–H and O–H groups in total. The van der Waals surface area contributed by atoms with Crippen LogP contribution in [0.5, 0.6) is 0 Å². The molecule has 0 atom stereocenters. The van der Waals surface area contributed by atoms with Crippen molar-refractivity contribution in [1.82, 2.24) is 5.43 Å². The predicted molar refractivity (Wildman–Crippen MR) is 156 cm³/mol. The SMILES string of the molecule is C=C/C(C=O)=C\C1=CSc2ccccc2C(c2ccc(C)c(Cl)c2)=N1.CC.CCC.CCCNN. The molecule has 190 valence electrons. The van der Waals surface area contributed by atoms with Gasteiger partial charge in [-0.1, -0.05) is 107 Å². The first-order chi connectivity index (χ1) is 16.9. The van der Waals surface area contributed by atoms with E-state index >= 15 is 0 Å². The number of thioether (sulfide) groups is 1. The number of carbonyl (C=O) groups is 1. The Morgan fingerprint density at radius 2 is 1.83 bits per heavy atom. The molecule has 2 aromatic carbocycles. The largest absolute Gasteiger partial charge is 0.298 e. The molecular weight excluding hydrogens is 474 g/mol. The van der Waals surface area contributed by atoms with E-state index in [2.05, 4.69) is 38.8 Å². The molecule has 0 bridgehead atoms. The van der Waals surface area contributed by atoms with Crippen LogP contribution in [0.25, 0.3) is 0 Å². The molecule has 0 saturated heterocycles. The van der Waals surface area contributed by atoms with Gasteiger partial charge in [-0.3, -0.25) is 16.1 Å². The highest BCUT2D eigenvalue weighted by molar-refractivity contribution is 8.02. The van der Waals surface area contributed by atoms with E-state index in [4.69, 9.17) is 22.4 Å². The van der Waals surface area contributed by atoms with Crippen LogP contribution in [0.2, 0.25) is 5.02 Å². The number of rotatable bonds is 6. The third-order valence-electron chi connectivity index (χ3n) is 4.22. The first kappa shape index (κ1) is 32.6. The Kier molecular flexibility index (Phi) is 18.4. The van der Waals surface area contributed by atoms with Gasteiger partial charge in [0, 0.05) is 38.6 Å². The number of aliphatic imine (C=N–C) groups is 1. The third kappa shape index (κ3) is 11.7. The van der Waals surface area contributed by atoms with Crippen LogP contribution in [-0.2, 0) is 4.79 Å². The van der Waals surface area contributed by atoms with Crippen LogP contribution >= 0.6 is 23.4 Å². The zero-order valence-electron chi connectivity index (χ0n) is 21.9. The van der Waals surface area contributed by atoms with Crippen molar-refractivity contribution in [3.63, 3.8) is 0 Å². The van der Waals surface area contributed by atoms with Gasteiger partial charge in [-0.15, -0.1) is 0 Å². The molecule has 0 aromatic heterocycles. The van der Waals surface area contributed by atoms with Gasteiger partial charge in [-0.2, -0.15) is 0 Å². The molecule has 0 spiro atoms. The Morgan fingerprint density at radius 1 is 1.17 bits per heavy atom. The Hall–Kier alpha value is -2.44. The summed E-state index contributed by atoms with van der Waals surface area (Å²) in [5, 5.41) is 2.64. The van der Waals surface area contributed by atoms with E-state index in [1.165, 1.54) is 12.5 Å². The number of hydrogen-bond acceptors (Lipinski definition) is 5. The summed E-state index contributed by atoms with van der Waals surface area (Å²) in [6.07, 6.45) is 6.38. The fourth-order valence-electron chi connectivity index (χ4n) is 2.59. The van der Waals surface area contributed by atoms with Crippen molar-refractivity contribution >= 4 is 35.4 Å². The summed E-state index contributed by atoms with van der Waals surface area (Å²) in [7, 11) is 0. The van der Waals surface area contributed by atoms with Crippen LogP contribution in [0.4, 0.5) is 0 Å². The lowest BCUT2D eigenvalue weighted by Crippen LogP contribution is -2.21. The third-order valence-corrected chi connectivity index (χ3v) is 5.59. The van der Waals surface area contributed by atoms with Gasteiger partial charge in [0.1, 0.15) is 6.29 Å². The lowest BCUT2D eigenvalue weighted by Gasteiger charge is -2.10. The summed E-state index contributed by atoms with van der Waals surface area (Å²) in [6.45, 7) is 16.9. The van der Waals surface area contributed by atoms with Gasteiger partial charge < -0.3 is 0 Å². The van der Waals surface area contributed by atoms with Gasteiger partial charge in [0.2, 0.25) is 0 Å². The highest BCUT2D eigenvalue weighted by atomic mass is 35.5. The fourth-order valence-corrected chi connectivity index (χ4v) is 3.59. The van der Waals surface area contributed by atoms with Crippen molar-refractivity contribution in [2.24, 2.45) is 10.8 Å². The maximum Gasteiger partial charge on any atom is 0.150 e. The quantitative estimate of drug-likeness (QED) is 0.135. The smallest absolute Gasteiger partial charge is 0.150 e. The van der Waals surface area contributed by atoms with E-state index < -0.39 is 0 Å². The predicted octanol–water partition coefficient (Wildman–Crippen LogP) is 8.05. The molecule has 0 unspecified atom stereocenters. The number of hydrazine groups is 1. The first-order valence-corrected chi connectivity index (χ1v) is 13.2. The summed E-state index contributed by atoms with van der Waals surface area (Å²) >= 11 is 7.90. The zero-order valence-corrected chi connectivity index (χ0v) is 23.5. The molecule has 1 aliphatic rings. The van der Waals surface area contributed by atoms with Gasteiger partial charge in [-0.05, 0) is 37.1 Å². The maximum absolute atomic E-state index is 11.1. The highest BCUT2D eigenvalue weighted by Crippen LogP contribution is 2.32. The monoisotopic (exact) mass is 513 g/mol. The minimum absolute atomic E-state index is 0.489. The van der Waals surface area contributed by atoms with Gasteiger partial charge in [0.25, 0.3) is 0 Å². The normalized spacial score (nSPS) is 11.9. The Balaban J connectivity index is 0.000000995. The molecule has 4 nitrogen and oxygen atoms in total. The molecular formula is C29H40ClN3OS. The number of aldehydes is 1. The number of aryl methyl sites for hydroxylation is 1. The summed E-state index contributed by atoms with van der Waals surface area (Å²) < 4.78 is 0. The van der Waals surface area contributed by atoms with Gasteiger partial charge >= 0.3 is 0 Å². The van der Waals surface area contributed by atoms with Crippen LogP contribution in [0, 0.1) is 6.92 Å². The van der Waals surface area contributed by atoms with Crippen LogP contribution in [0.3, 0.4) is 0 Å². The van der Waals surface area contributed by atoms with Crippen molar-refractivity contribution in [2.45, 2.75) is 59.3 Å². The molecule has 0 amide bonds. The summed E-state index contributed by atoms with van der Waals surface area (Å²) in [6, 6.07) is 14.0. The van der Waals surface area contributed by atoms with Gasteiger partial charge in [-0.25, -0.2) is 4.99 Å². The topological polar surface area (TPSA) is 67.5 Å². The van der Waals surface area contributed by atoms with Crippen LogP contribution in [-0.4, -0.2) is 18.5 Å². The van der Waals surface area contributed by atoms with Crippen molar-refractivity contribution < 1.29 is 4.79 Å². The maximum atomic E-state index is 11.1. The first-order valence-electron chi connectivity index (χ1n) is 12.0. The summed E-state index contributed by atoms with van der Waals surface area (Å²) in [4.78, 5) is 17.0. The van der Waals surface area contributed by atoms with E-state index in [1.807, 2.05) is 62.6 Å². The summed E-state index contributed by atoms with van der Waals surface area (Å²) in [5.74, 6) is 4.89. The van der Waals surface area contributed by atoms with Crippen molar-refractivity contribution in [3.05, 3.63) is 99.6 Å². The van der Waals surface area contributed by atoms with E-state index in [-0.39, 0.29) is 0 Å². The number of hydrogen-bond donors (Lipinski definition) is 2. The lowest BCUT2D eigenvalue weighted by molar-refractivity contribution is -0.104. The van der Waals surface area contributed by atoms with Crippen LogP contribution in [0.15, 0.2) is 87.8 Å². The minimum Gasteiger partial charge on any atom is -0.298 e. The van der Waals surface area contributed by atoms with Crippen molar-refractivity contribution in [1.29, 1.82) is 0 Å². The van der Waals surface area contributed by atoms with Gasteiger partial charge in [0.15, 0.2) is 0 Å². The van der Waals surface area contributed by atoms with Crippen molar-refractivity contribution in [3.8, 4) is 0 Å². The van der Waals surface area contributed by atoms with Crippen LogP contribution < -0.4 is 11.3 Å². The Morgan fingerprint density at radius 3 is 2.34 bits per heavy atom. The number of carbonyl (C=O) groups excluding carboxylic acids is 1. The van der Waals surface area contributed by atoms with E-state index in [0.29, 0.717) is 16.3 Å². The number of fused-ring (bicyclic) bond motifs is 1. The van der Waals surface area contributed by atoms with Gasteiger partial charge in [0.05, 0.1) is 11.4 Å². The minimum atomic E-state index is 0.489. The Labute approximate surface area is 221 Å². The molecule has 1 heterocycles. The number of benzene rings is 2. The fraction of sp³-hybridized carbons (Fsp3) is 0.310. The van der Waals surface area contributed by atoms with E-state index in [0.717, 1.165) is 46.5 Å². The number of nitrogens with zero attached hydrogens (tertiary/aromatic N) is 1. The molecule has 0 fully saturated rings. The standard InChI is InChI=1S/C21H16ClNOS.C3H10N2.C3H8.C2H6/c1-3-15(12-24)10-17-13-25-20-7-5-4-6-18(20)21(23-17)16-9-8-14(2)19(22)11-16;1-2-3-5-4;1-3-2;1-2/h3-13H,1H2,2H3;5H,2-4H2,1H3;3H2,1-2H3;1-2H3/b15-10+;;;. The number of nitrogens with one attached hydrogen (secondary N) is 1. The van der Waals surface area contributed by atoms with Crippen molar-refractivity contribution in [2.75, 3.05) is 6.54 Å². The molecule has 0 aliphatic carbocycles. The molecule has 6 heteroatoms. The second kappa shape index (κ2) is 19.8. The average Bonchev–Trinajstić information content (AvgIpc) is 3.06. The molecule has 0 radical (unpaired) electrons. The second-order valence-corrected chi connectivity index (χ2v) is 8.53. The highest BCUT2D eigenvalue weighted by Gasteiger charge is 2.16. The second-order valence-electron chi connectivity index (χ2n) is 7.21. The van der Waals surface area contributed by atoms with E-state index in [1.54, 1.807) is 17.8 Å². The Bertz CT molecular complexity index is 1000. The zero-order chi connectivity index (χ0) is 26.6. The van der Waals surface area contributed by atoms with Crippen LogP contribution in [0.1, 0.15) is 64.2 Å². The number of halogens is 1. The van der Waals surface area contributed by atoms with E-state index in [9.17, 15) is 4.79 Å². The molecule has 35 heavy (non-hydrogen) atoms. The molecule has 0 saturated carbocycles. The molecule has 1 aliphatic heterocycles. The average molecular weight is 514 g/mol. The summed E-state index contributed by atoms with van der Waals surface area (Å²) in [5.41, 5.74) is 7.54. The number of allylic oxidation sites excluding steroid dienone is 3. The lowest BCUT2D eigenvalue weighted by atomic mass is 10.0. The number of nitrogens with two attached hydrogens (primary N) is 1. The molecule has 2 aromatic rings. The molecule has 3 rings (SSSR count).